The molecule has 0 atom stereocenters. The molecule has 0 aliphatic carbocycles. The Morgan fingerprint density at radius 3 is 2.43 bits per heavy atom. The van der Waals surface area contributed by atoms with E-state index >= 15 is 0 Å². The third-order valence-corrected chi connectivity index (χ3v) is 5.66. The lowest BCUT2D eigenvalue weighted by molar-refractivity contribution is -0.892. The molecule has 0 radical (unpaired) electrons. The fourth-order valence-electron chi connectivity index (χ4n) is 4.04. The molecule has 1 aromatic carbocycles. The number of esters is 1. The summed E-state index contributed by atoms with van der Waals surface area (Å²) in [6.07, 6.45) is 0. The van der Waals surface area contributed by atoms with E-state index in [9.17, 15) is 14.0 Å². The maximum Gasteiger partial charge on any atom is 0.354 e. The molecule has 1 fully saturated rings. The van der Waals surface area contributed by atoms with Gasteiger partial charge in [0.25, 0.3) is 0 Å². The van der Waals surface area contributed by atoms with E-state index in [-0.39, 0.29) is 11.6 Å². The van der Waals surface area contributed by atoms with Crippen LogP contribution in [0, 0.1) is 19.7 Å². The molecular weight excluding hydrogens is 361 g/mol. The van der Waals surface area contributed by atoms with E-state index in [0.717, 1.165) is 18.8 Å². The van der Waals surface area contributed by atoms with Gasteiger partial charge in [0.1, 0.15) is 18.1 Å². The largest absolute Gasteiger partial charge is 0.464 e. The minimum atomic E-state index is -0.437. The van der Waals surface area contributed by atoms with E-state index < -0.39 is 5.97 Å². The van der Waals surface area contributed by atoms with Crippen LogP contribution in [0.3, 0.4) is 0 Å². The number of carbonyl (C=O) groups excluding carboxylic acids is 2. The number of nitrogens with one attached hydrogen (secondary N) is 1. The van der Waals surface area contributed by atoms with Gasteiger partial charge in [-0.15, -0.1) is 0 Å². The van der Waals surface area contributed by atoms with E-state index in [1.165, 1.54) is 18.1 Å². The molecule has 0 saturated carbocycles. The molecule has 6 nitrogen and oxygen atoms in total. The summed E-state index contributed by atoms with van der Waals surface area (Å²) in [6.45, 7) is 6.91. The summed E-state index contributed by atoms with van der Waals surface area (Å²) < 4.78 is 20.6. The SMILES string of the molecule is COC(=O)c1c(C)c(C(=O)C[NH+]2CCN(c3ccccc3F)CC2)c(C)n1C. The summed E-state index contributed by atoms with van der Waals surface area (Å²) in [7, 11) is 3.11. The lowest BCUT2D eigenvalue weighted by Crippen LogP contribution is -3.15. The Balaban J connectivity index is 1.69. The second kappa shape index (κ2) is 8.14. The number of piperazine rings is 1. The van der Waals surface area contributed by atoms with E-state index in [4.69, 9.17) is 4.74 Å². The highest BCUT2D eigenvalue weighted by Crippen LogP contribution is 2.22. The molecule has 2 aromatic rings. The Labute approximate surface area is 164 Å². The number of carbonyl (C=O) groups is 2. The summed E-state index contributed by atoms with van der Waals surface area (Å²) in [4.78, 5) is 28.2. The second-order valence-corrected chi connectivity index (χ2v) is 7.27. The van der Waals surface area contributed by atoms with Gasteiger partial charge in [-0.2, -0.15) is 0 Å². The molecule has 1 aliphatic heterocycles. The molecule has 2 heterocycles. The smallest absolute Gasteiger partial charge is 0.354 e. The van der Waals surface area contributed by atoms with Crippen LogP contribution in [0.4, 0.5) is 10.1 Å². The number of hydrogen-bond acceptors (Lipinski definition) is 4. The molecule has 0 spiro atoms. The highest BCUT2D eigenvalue weighted by molar-refractivity contribution is 6.03. The van der Waals surface area contributed by atoms with Crippen molar-refractivity contribution in [1.82, 2.24) is 4.57 Å². The predicted molar refractivity (Wildman–Crippen MR) is 105 cm³/mol. The lowest BCUT2D eigenvalue weighted by atomic mass is 10.0. The van der Waals surface area contributed by atoms with Gasteiger partial charge in [0.2, 0.25) is 5.78 Å². The van der Waals surface area contributed by atoms with Crippen LogP contribution in [0.1, 0.15) is 32.1 Å². The van der Waals surface area contributed by atoms with Crippen molar-refractivity contribution in [3.8, 4) is 0 Å². The molecule has 1 aliphatic rings. The Hall–Kier alpha value is -2.67. The van der Waals surface area contributed by atoms with Gasteiger partial charge in [-0.3, -0.25) is 4.79 Å². The number of ketones is 1. The number of benzene rings is 1. The van der Waals surface area contributed by atoms with E-state index in [2.05, 4.69) is 0 Å². The van der Waals surface area contributed by atoms with Gasteiger partial charge >= 0.3 is 5.97 Å². The maximum absolute atomic E-state index is 14.0. The Morgan fingerprint density at radius 2 is 1.82 bits per heavy atom. The predicted octanol–water partition coefficient (Wildman–Crippen LogP) is 1.16. The molecule has 1 saturated heterocycles. The summed E-state index contributed by atoms with van der Waals surface area (Å²) in [5.74, 6) is -0.629. The standard InChI is InChI=1S/C21H26FN3O3/c1-14-19(15(2)23(3)20(14)21(27)28-4)18(26)13-24-9-11-25(12-10-24)17-8-6-5-7-16(17)22/h5-8H,9-13H2,1-4H3/p+1. The van der Waals surface area contributed by atoms with Gasteiger partial charge in [0, 0.05) is 18.3 Å². The number of quaternary nitrogens is 1. The number of methoxy groups -OCH3 is 1. The van der Waals surface area contributed by atoms with Crippen LogP contribution in [-0.4, -0.2) is 56.2 Å². The summed E-state index contributed by atoms with van der Waals surface area (Å²) in [5, 5.41) is 0. The summed E-state index contributed by atoms with van der Waals surface area (Å²) in [5.41, 5.74) is 3.08. The first-order valence-corrected chi connectivity index (χ1v) is 9.45. The highest BCUT2D eigenvalue weighted by Gasteiger charge is 2.29. The van der Waals surface area contributed by atoms with Gasteiger partial charge < -0.3 is 19.1 Å². The Kier molecular flexibility index (Phi) is 5.84. The number of aromatic nitrogens is 1. The monoisotopic (exact) mass is 388 g/mol. The third kappa shape index (κ3) is 3.67. The Morgan fingerprint density at radius 1 is 1.18 bits per heavy atom. The van der Waals surface area contributed by atoms with Crippen molar-refractivity contribution in [3.05, 3.63) is 52.6 Å². The first kappa shape index (κ1) is 20.1. The molecule has 3 rings (SSSR count). The fraction of sp³-hybridized carbons (Fsp3) is 0.429. The van der Waals surface area contributed by atoms with Crippen LogP contribution in [0.15, 0.2) is 24.3 Å². The maximum atomic E-state index is 14.0. The minimum absolute atomic E-state index is 0.0232. The molecule has 7 heteroatoms. The van der Waals surface area contributed by atoms with Gasteiger partial charge in [-0.05, 0) is 31.5 Å². The Bertz CT molecular complexity index is 899. The van der Waals surface area contributed by atoms with Crippen molar-refractivity contribution in [1.29, 1.82) is 0 Å². The fourth-order valence-corrected chi connectivity index (χ4v) is 4.04. The number of hydrogen-bond donors (Lipinski definition) is 1. The quantitative estimate of drug-likeness (QED) is 0.617. The van der Waals surface area contributed by atoms with Crippen LogP contribution in [0.5, 0.6) is 0 Å². The average molecular weight is 388 g/mol. The third-order valence-electron chi connectivity index (χ3n) is 5.66. The van der Waals surface area contributed by atoms with Crippen molar-refractivity contribution in [2.75, 3.05) is 44.7 Å². The van der Waals surface area contributed by atoms with Crippen molar-refractivity contribution >= 4 is 17.4 Å². The molecular formula is C21H27FN3O3+. The molecule has 150 valence electrons. The highest BCUT2D eigenvalue weighted by atomic mass is 19.1. The zero-order valence-electron chi connectivity index (χ0n) is 16.8. The van der Waals surface area contributed by atoms with Gasteiger partial charge in [-0.1, -0.05) is 12.1 Å². The van der Waals surface area contributed by atoms with E-state index in [0.29, 0.717) is 42.1 Å². The van der Waals surface area contributed by atoms with Crippen molar-refractivity contribution < 1.29 is 23.6 Å². The first-order valence-electron chi connectivity index (χ1n) is 9.45. The zero-order chi connectivity index (χ0) is 20.4. The topological polar surface area (TPSA) is 56.0 Å². The van der Waals surface area contributed by atoms with Crippen LogP contribution in [-0.2, 0) is 11.8 Å². The van der Waals surface area contributed by atoms with Crippen molar-refractivity contribution in [2.45, 2.75) is 13.8 Å². The number of para-hydroxylation sites is 1. The molecule has 1 N–H and O–H groups in total. The van der Waals surface area contributed by atoms with Crippen LogP contribution >= 0.6 is 0 Å². The number of halogens is 1. The first-order chi connectivity index (χ1) is 13.3. The van der Waals surface area contributed by atoms with E-state index in [1.807, 2.05) is 17.9 Å². The minimum Gasteiger partial charge on any atom is -0.464 e. The number of rotatable bonds is 5. The average Bonchev–Trinajstić information content (AvgIpc) is 2.91. The molecule has 0 bridgehead atoms. The molecule has 0 amide bonds. The van der Waals surface area contributed by atoms with Crippen LogP contribution in [0.25, 0.3) is 0 Å². The summed E-state index contributed by atoms with van der Waals surface area (Å²) in [6, 6.07) is 6.78. The molecule has 28 heavy (non-hydrogen) atoms. The normalized spacial score (nSPS) is 15.0. The van der Waals surface area contributed by atoms with Crippen molar-refractivity contribution in [2.24, 2.45) is 7.05 Å². The second-order valence-electron chi connectivity index (χ2n) is 7.27. The van der Waals surface area contributed by atoms with Crippen molar-refractivity contribution in [3.63, 3.8) is 0 Å². The number of ether oxygens (including phenoxy) is 1. The van der Waals surface area contributed by atoms with Gasteiger partial charge in [0.15, 0.2) is 0 Å². The zero-order valence-corrected chi connectivity index (χ0v) is 16.8. The lowest BCUT2D eigenvalue weighted by Gasteiger charge is -2.33. The molecule has 1 aromatic heterocycles. The van der Waals surface area contributed by atoms with E-state index in [1.54, 1.807) is 30.7 Å². The molecule has 0 unspecified atom stereocenters. The summed E-state index contributed by atoms with van der Waals surface area (Å²) >= 11 is 0. The number of anilines is 1. The van der Waals surface area contributed by atoms with Gasteiger partial charge in [0.05, 0.1) is 39.0 Å². The van der Waals surface area contributed by atoms with Crippen LogP contribution < -0.4 is 9.80 Å². The number of Topliss-reactive ketones (excluding diaryl/α,β-unsaturated/α-hetero) is 1. The number of nitrogens with zero attached hydrogens (tertiary/aromatic N) is 2. The van der Waals surface area contributed by atoms with Gasteiger partial charge in [-0.25, -0.2) is 9.18 Å². The van der Waals surface area contributed by atoms with Crippen LogP contribution in [0.2, 0.25) is 0 Å².